The molecule has 1 N–H and O–H groups in total. The summed E-state index contributed by atoms with van der Waals surface area (Å²) in [6.07, 6.45) is 6.09. The van der Waals surface area contributed by atoms with E-state index < -0.39 is 19.2 Å². The van der Waals surface area contributed by atoms with Crippen molar-refractivity contribution < 1.29 is 18.4 Å². The predicted molar refractivity (Wildman–Crippen MR) is 149 cm³/mol. The highest BCUT2D eigenvalue weighted by atomic mass is 31.2. The van der Waals surface area contributed by atoms with E-state index in [1.807, 2.05) is 43.3 Å². The summed E-state index contributed by atoms with van der Waals surface area (Å²) in [6, 6.07) is 28.7. The highest BCUT2D eigenvalue weighted by Crippen LogP contribution is 2.46. The van der Waals surface area contributed by atoms with Crippen LogP contribution in [0.1, 0.15) is 67.2 Å². The van der Waals surface area contributed by atoms with Crippen LogP contribution in [0.15, 0.2) is 84.9 Å². The molecule has 0 radical (unpaired) electrons. The summed E-state index contributed by atoms with van der Waals surface area (Å²) in [6.45, 7) is 1.81. The molecule has 0 unspecified atom stereocenters. The van der Waals surface area contributed by atoms with E-state index in [0.717, 1.165) is 16.7 Å². The first-order chi connectivity index (χ1) is 17.9. The average molecular weight is 520 g/mol. The van der Waals surface area contributed by atoms with Crippen LogP contribution >= 0.6 is 7.60 Å². The van der Waals surface area contributed by atoms with Crippen LogP contribution in [0.25, 0.3) is 0 Å². The number of carbonyl (C=O) groups is 1. The van der Waals surface area contributed by atoms with Gasteiger partial charge >= 0.3 is 7.60 Å². The fraction of sp³-hybridized carbons (Fsp3) is 0.387. The van der Waals surface area contributed by atoms with E-state index in [1.54, 1.807) is 0 Å². The number of hydrogen-bond acceptors (Lipinski definition) is 5. The van der Waals surface area contributed by atoms with E-state index in [0.29, 0.717) is 5.92 Å². The van der Waals surface area contributed by atoms with Crippen molar-refractivity contribution >= 4 is 13.4 Å². The minimum absolute atomic E-state index is 0.234. The number of nitrogens with one attached hydrogen (secondary N) is 1. The third kappa shape index (κ3) is 6.13. The van der Waals surface area contributed by atoms with Gasteiger partial charge < -0.3 is 9.05 Å². The van der Waals surface area contributed by atoms with Crippen LogP contribution in [0.4, 0.5) is 0 Å². The first kappa shape index (κ1) is 27.5. The van der Waals surface area contributed by atoms with Gasteiger partial charge in [0, 0.05) is 14.2 Å². The molecule has 0 aliphatic heterocycles. The van der Waals surface area contributed by atoms with Gasteiger partial charge in [0.1, 0.15) is 6.16 Å². The molecule has 0 amide bonds. The molecule has 6 heteroatoms. The number of hydrogen-bond donors (Lipinski definition) is 1. The molecule has 196 valence electrons. The molecule has 1 fully saturated rings. The van der Waals surface area contributed by atoms with Crippen molar-refractivity contribution in [3.05, 3.63) is 107 Å². The van der Waals surface area contributed by atoms with Crippen LogP contribution in [0.5, 0.6) is 0 Å². The van der Waals surface area contributed by atoms with Crippen molar-refractivity contribution in [1.82, 2.24) is 5.32 Å². The molecule has 0 spiro atoms. The summed E-state index contributed by atoms with van der Waals surface area (Å²) in [7, 11) is -0.870. The Morgan fingerprint density at radius 1 is 0.838 bits per heavy atom. The van der Waals surface area contributed by atoms with Crippen molar-refractivity contribution in [2.45, 2.75) is 56.5 Å². The molecular formula is C31H38NO4P. The van der Waals surface area contributed by atoms with Gasteiger partial charge in [0.05, 0.1) is 11.6 Å². The van der Waals surface area contributed by atoms with E-state index >= 15 is 0 Å². The molecule has 0 saturated heterocycles. The Morgan fingerprint density at radius 3 is 1.81 bits per heavy atom. The van der Waals surface area contributed by atoms with Crippen molar-refractivity contribution in [3.8, 4) is 0 Å². The van der Waals surface area contributed by atoms with Gasteiger partial charge in [0.15, 0.2) is 5.78 Å². The minimum atomic E-state index is -3.48. The second kappa shape index (κ2) is 12.3. The molecule has 1 aliphatic carbocycles. The van der Waals surface area contributed by atoms with E-state index in [-0.39, 0.29) is 11.9 Å². The van der Waals surface area contributed by atoms with Crippen molar-refractivity contribution in [2.24, 2.45) is 0 Å². The lowest BCUT2D eigenvalue weighted by Crippen LogP contribution is -2.52. The first-order valence-corrected chi connectivity index (χ1v) is 14.9. The lowest BCUT2D eigenvalue weighted by atomic mass is 9.75. The molecule has 0 aromatic heterocycles. The predicted octanol–water partition coefficient (Wildman–Crippen LogP) is 7.06. The van der Waals surface area contributed by atoms with E-state index in [1.165, 1.54) is 51.9 Å². The summed E-state index contributed by atoms with van der Waals surface area (Å²) >= 11 is 0. The lowest BCUT2D eigenvalue weighted by Gasteiger charge is -2.39. The topological polar surface area (TPSA) is 64.6 Å². The van der Waals surface area contributed by atoms with Gasteiger partial charge in [-0.15, -0.1) is 0 Å². The van der Waals surface area contributed by atoms with Crippen molar-refractivity contribution in [3.63, 3.8) is 0 Å². The van der Waals surface area contributed by atoms with Gasteiger partial charge in [0.2, 0.25) is 0 Å². The molecule has 3 aromatic carbocycles. The second-order valence-corrected chi connectivity index (χ2v) is 12.2. The fourth-order valence-electron chi connectivity index (χ4n) is 5.50. The Labute approximate surface area is 221 Å². The highest BCUT2D eigenvalue weighted by Gasteiger charge is 2.40. The molecule has 5 nitrogen and oxygen atoms in total. The molecule has 1 saturated carbocycles. The Balaban J connectivity index is 1.79. The normalized spacial score (nSPS) is 15.9. The summed E-state index contributed by atoms with van der Waals surface area (Å²) in [5.74, 6) is 0.374. The van der Waals surface area contributed by atoms with Gasteiger partial charge in [-0.3, -0.25) is 14.7 Å². The smallest absolute Gasteiger partial charge is 0.312 e. The van der Waals surface area contributed by atoms with E-state index in [4.69, 9.17) is 9.05 Å². The minimum Gasteiger partial charge on any atom is -0.312 e. The molecule has 1 aliphatic rings. The zero-order valence-corrected chi connectivity index (χ0v) is 23.0. The molecule has 3 aromatic rings. The molecular weight excluding hydrogens is 481 g/mol. The first-order valence-electron chi connectivity index (χ1n) is 13.1. The Hall–Kier alpha value is -2.56. The largest absolute Gasteiger partial charge is 0.337 e. The molecule has 1 atom stereocenters. The third-order valence-electron chi connectivity index (χ3n) is 7.66. The van der Waals surface area contributed by atoms with Gasteiger partial charge in [-0.25, -0.2) is 0 Å². The summed E-state index contributed by atoms with van der Waals surface area (Å²) < 4.78 is 22.8. The molecule has 0 heterocycles. The van der Waals surface area contributed by atoms with Crippen LogP contribution in [0.3, 0.4) is 0 Å². The van der Waals surface area contributed by atoms with Crippen molar-refractivity contribution in [1.29, 1.82) is 0 Å². The summed E-state index contributed by atoms with van der Waals surface area (Å²) in [4.78, 5) is 13.3. The maximum absolute atomic E-state index is 13.3. The number of rotatable bonds is 11. The number of benzene rings is 3. The highest BCUT2D eigenvalue weighted by molar-refractivity contribution is 7.54. The summed E-state index contributed by atoms with van der Waals surface area (Å²) in [5, 5.41) is 3.67. The van der Waals surface area contributed by atoms with E-state index in [2.05, 4.69) is 53.8 Å². The second-order valence-electron chi connectivity index (χ2n) is 9.91. The van der Waals surface area contributed by atoms with Crippen LogP contribution in [0.2, 0.25) is 0 Å². The van der Waals surface area contributed by atoms with Crippen LogP contribution in [0, 0.1) is 0 Å². The van der Waals surface area contributed by atoms with Crippen LogP contribution < -0.4 is 5.32 Å². The van der Waals surface area contributed by atoms with Crippen LogP contribution in [-0.2, 0) is 23.9 Å². The molecule has 4 rings (SSSR count). The third-order valence-corrected chi connectivity index (χ3v) is 9.47. The Morgan fingerprint density at radius 2 is 1.32 bits per heavy atom. The van der Waals surface area contributed by atoms with Gasteiger partial charge in [-0.2, -0.15) is 0 Å². The summed E-state index contributed by atoms with van der Waals surface area (Å²) in [5.41, 5.74) is 3.67. The maximum Gasteiger partial charge on any atom is 0.337 e. The zero-order valence-electron chi connectivity index (χ0n) is 22.1. The Bertz CT molecular complexity index is 1140. The maximum atomic E-state index is 13.3. The molecule has 37 heavy (non-hydrogen) atoms. The number of Topliss-reactive ketones (excluding diaryl/α,β-unsaturated/α-hetero) is 1. The Kier molecular flexibility index (Phi) is 9.15. The lowest BCUT2D eigenvalue weighted by molar-refractivity contribution is -0.118. The number of carbonyl (C=O) groups excluding carboxylic acids is 1. The number of ketones is 1. The fourth-order valence-corrected chi connectivity index (χ4v) is 6.57. The van der Waals surface area contributed by atoms with E-state index in [9.17, 15) is 9.36 Å². The van der Waals surface area contributed by atoms with Gasteiger partial charge in [-0.1, -0.05) is 104 Å². The van der Waals surface area contributed by atoms with Crippen molar-refractivity contribution in [2.75, 3.05) is 20.4 Å². The van der Waals surface area contributed by atoms with Gasteiger partial charge in [-0.05, 0) is 47.9 Å². The average Bonchev–Trinajstić information content (AvgIpc) is 2.97. The molecule has 0 bridgehead atoms. The SMILES string of the molecule is COP(=O)(CC(=O)[C@H](C)NC(c1ccccc1)(c1ccccc1)c1ccc(C2CCCCC2)cc1)OC. The standard InChI is InChI=1S/C31H38NO4P/c1-24(30(33)23-37(34,35-2)36-3)32-31(27-15-9-5-10-16-27,28-17-11-6-12-18-28)29-21-19-26(20-22-29)25-13-7-4-8-14-25/h5-6,9-12,15-22,24-25,32H,4,7-8,13-14,23H2,1-3H3/t24-/m0/s1. The van der Waals surface area contributed by atoms with Crippen LogP contribution in [-0.4, -0.2) is 32.2 Å². The quantitative estimate of drug-likeness (QED) is 0.217. The van der Waals surface area contributed by atoms with Gasteiger partial charge in [0.25, 0.3) is 0 Å². The monoisotopic (exact) mass is 519 g/mol. The zero-order chi connectivity index (χ0) is 26.3.